The first-order valence-corrected chi connectivity index (χ1v) is 12.7. The number of hydrogen-bond acceptors (Lipinski definition) is 7. The minimum absolute atomic E-state index is 0.0864. The lowest BCUT2D eigenvalue weighted by molar-refractivity contribution is -0.121. The monoisotopic (exact) mass is 497 g/mol. The van der Waals surface area contributed by atoms with Crippen molar-refractivity contribution in [3.63, 3.8) is 0 Å². The molecule has 3 aromatic rings. The van der Waals surface area contributed by atoms with E-state index in [0.717, 1.165) is 0 Å². The predicted octanol–water partition coefficient (Wildman–Crippen LogP) is 3.35. The molecule has 0 spiro atoms. The van der Waals surface area contributed by atoms with Crippen LogP contribution in [-0.2, 0) is 19.6 Å². The van der Waals surface area contributed by atoms with Crippen molar-refractivity contribution >= 4 is 33.2 Å². The van der Waals surface area contributed by atoms with E-state index in [2.05, 4.69) is 20.8 Å². The molecular formula is C24H27N5O5S. The average molecular weight is 498 g/mol. The Morgan fingerprint density at radius 1 is 1.06 bits per heavy atom. The molecule has 0 bridgehead atoms. The molecule has 0 radical (unpaired) electrons. The zero-order valence-electron chi connectivity index (χ0n) is 19.7. The summed E-state index contributed by atoms with van der Waals surface area (Å²) < 4.78 is 33.5. The molecule has 1 aromatic heterocycles. The van der Waals surface area contributed by atoms with Crippen LogP contribution in [0.2, 0.25) is 0 Å². The average Bonchev–Trinajstić information content (AvgIpc) is 3.26. The van der Waals surface area contributed by atoms with Crippen molar-refractivity contribution in [3.8, 4) is 11.4 Å². The number of anilines is 2. The van der Waals surface area contributed by atoms with Gasteiger partial charge in [-0.25, -0.2) is 8.42 Å². The molecule has 10 nitrogen and oxygen atoms in total. The maximum Gasteiger partial charge on any atom is 0.243 e. The lowest BCUT2D eigenvalue weighted by atomic mass is 9.98. The second-order valence-electron chi connectivity index (χ2n) is 8.57. The van der Waals surface area contributed by atoms with Crippen LogP contribution >= 0.6 is 0 Å². The van der Waals surface area contributed by atoms with E-state index in [0.29, 0.717) is 53.6 Å². The van der Waals surface area contributed by atoms with Gasteiger partial charge in [0, 0.05) is 43.9 Å². The van der Waals surface area contributed by atoms with Gasteiger partial charge >= 0.3 is 0 Å². The van der Waals surface area contributed by atoms with Crippen molar-refractivity contribution in [2.24, 2.45) is 5.92 Å². The molecule has 2 amide bonds. The summed E-state index contributed by atoms with van der Waals surface area (Å²) in [6.45, 7) is 5.24. The highest BCUT2D eigenvalue weighted by Crippen LogP contribution is 2.29. The number of sulfonamides is 1. The Bertz CT molecular complexity index is 1350. The van der Waals surface area contributed by atoms with E-state index in [1.807, 2.05) is 0 Å². The largest absolute Gasteiger partial charge is 0.339 e. The molecule has 0 aliphatic carbocycles. The Kier molecular flexibility index (Phi) is 6.99. The normalized spacial score (nSPS) is 16.6. The smallest absolute Gasteiger partial charge is 0.243 e. The van der Waals surface area contributed by atoms with Crippen LogP contribution in [0, 0.1) is 19.8 Å². The highest BCUT2D eigenvalue weighted by molar-refractivity contribution is 7.89. The molecule has 0 unspecified atom stereocenters. The van der Waals surface area contributed by atoms with E-state index in [1.165, 1.54) is 11.2 Å². The fourth-order valence-electron chi connectivity index (χ4n) is 4.03. The summed E-state index contributed by atoms with van der Waals surface area (Å²) in [7, 11) is -3.85. The molecule has 2 aromatic carbocycles. The van der Waals surface area contributed by atoms with Gasteiger partial charge in [-0.15, -0.1) is 0 Å². The summed E-state index contributed by atoms with van der Waals surface area (Å²) in [6, 6.07) is 11.8. The molecule has 184 valence electrons. The van der Waals surface area contributed by atoms with Crippen LogP contribution in [0.5, 0.6) is 0 Å². The number of nitrogens with zero attached hydrogens (tertiary/aromatic N) is 3. The van der Waals surface area contributed by atoms with Gasteiger partial charge in [0.05, 0.1) is 10.8 Å². The van der Waals surface area contributed by atoms with Crippen molar-refractivity contribution < 1.29 is 22.5 Å². The Hall–Kier alpha value is -3.57. The number of carbonyl (C=O) groups excluding carboxylic acids is 2. The van der Waals surface area contributed by atoms with Gasteiger partial charge in [0.25, 0.3) is 0 Å². The Labute approximate surface area is 203 Å². The van der Waals surface area contributed by atoms with Gasteiger partial charge in [0.1, 0.15) is 0 Å². The number of rotatable bonds is 6. The molecule has 4 rings (SSSR count). The van der Waals surface area contributed by atoms with Crippen LogP contribution in [0.15, 0.2) is 51.9 Å². The second kappa shape index (κ2) is 9.96. The number of benzene rings is 2. The number of aromatic nitrogens is 2. The molecule has 0 saturated carbocycles. The number of hydrogen-bond donors (Lipinski definition) is 2. The fourth-order valence-corrected chi connectivity index (χ4v) is 5.81. The van der Waals surface area contributed by atoms with Gasteiger partial charge in [0.15, 0.2) is 0 Å². The van der Waals surface area contributed by atoms with Gasteiger partial charge in [-0.3, -0.25) is 9.59 Å². The number of aryl methyl sites for hydroxylation is 2. The van der Waals surface area contributed by atoms with E-state index < -0.39 is 15.9 Å². The van der Waals surface area contributed by atoms with Gasteiger partial charge in [-0.1, -0.05) is 17.3 Å². The van der Waals surface area contributed by atoms with Gasteiger partial charge < -0.3 is 15.2 Å². The molecule has 1 saturated heterocycles. The van der Waals surface area contributed by atoms with Crippen LogP contribution in [0.25, 0.3) is 11.4 Å². The van der Waals surface area contributed by atoms with E-state index in [-0.39, 0.29) is 23.3 Å². The first-order valence-electron chi connectivity index (χ1n) is 11.2. The maximum absolute atomic E-state index is 13.5. The fraction of sp³-hybridized carbons (Fsp3) is 0.333. The zero-order chi connectivity index (χ0) is 25.2. The molecule has 1 aliphatic rings. The third kappa shape index (κ3) is 5.57. The van der Waals surface area contributed by atoms with Crippen molar-refractivity contribution in [2.75, 3.05) is 23.7 Å². The summed E-state index contributed by atoms with van der Waals surface area (Å²) in [6.07, 6.45) is 1.16. The lowest BCUT2D eigenvalue weighted by Gasteiger charge is -2.31. The highest BCUT2D eigenvalue weighted by atomic mass is 32.2. The number of amides is 2. The maximum atomic E-state index is 13.5. The quantitative estimate of drug-likeness (QED) is 0.533. The van der Waals surface area contributed by atoms with E-state index >= 15 is 0 Å². The van der Waals surface area contributed by atoms with Crippen LogP contribution in [-0.4, -0.2) is 47.8 Å². The lowest BCUT2D eigenvalue weighted by Crippen LogP contribution is -2.43. The molecule has 2 N–H and O–H groups in total. The molecule has 2 heterocycles. The molecule has 1 aliphatic heterocycles. The molecule has 1 atom stereocenters. The second-order valence-corrected chi connectivity index (χ2v) is 10.5. The first-order chi connectivity index (χ1) is 16.6. The standard InChI is InChI=1S/C24H27N5O5S/c1-15-6-7-18(23-26-17(3)34-28-23)13-22(15)35(32,33)29-12-4-5-19(14-29)24(31)27-21-10-8-20(9-11-21)25-16(2)30/h6-11,13,19H,4-5,12,14H2,1-3H3,(H,25,30)(H,27,31)/t19-/m0/s1. The number of carbonyl (C=O) groups is 2. The van der Waals surface area contributed by atoms with Crippen LogP contribution in [0.1, 0.15) is 31.2 Å². The minimum atomic E-state index is -3.85. The Morgan fingerprint density at radius 2 is 1.74 bits per heavy atom. The summed E-state index contributed by atoms with van der Waals surface area (Å²) in [5.41, 5.74) is 2.34. The summed E-state index contributed by atoms with van der Waals surface area (Å²) in [4.78, 5) is 28.4. The van der Waals surface area contributed by atoms with Crippen LogP contribution in [0.3, 0.4) is 0 Å². The van der Waals surface area contributed by atoms with Crippen LogP contribution < -0.4 is 10.6 Å². The summed E-state index contributed by atoms with van der Waals surface area (Å²) in [5.74, 6) is -0.209. The van der Waals surface area contributed by atoms with Crippen molar-refractivity contribution in [3.05, 3.63) is 53.9 Å². The van der Waals surface area contributed by atoms with Crippen molar-refractivity contribution in [2.45, 2.75) is 38.5 Å². The summed E-state index contributed by atoms with van der Waals surface area (Å²) in [5, 5.41) is 9.39. The summed E-state index contributed by atoms with van der Waals surface area (Å²) >= 11 is 0. The Morgan fingerprint density at radius 3 is 2.37 bits per heavy atom. The zero-order valence-corrected chi connectivity index (χ0v) is 20.6. The van der Waals surface area contributed by atoms with Crippen molar-refractivity contribution in [1.82, 2.24) is 14.4 Å². The topological polar surface area (TPSA) is 134 Å². The highest BCUT2D eigenvalue weighted by Gasteiger charge is 2.34. The molecule has 11 heteroatoms. The van der Waals surface area contributed by atoms with E-state index in [1.54, 1.807) is 56.3 Å². The van der Waals surface area contributed by atoms with Gasteiger partial charge in [-0.2, -0.15) is 9.29 Å². The van der Waals surface area contributed by atoms with Gasteiger partial charge in [0.2, 0.25) is 33.6 Å². The van der Waals surface area contributed by atoms with Crippen molar-refractivity contribution in [1.29, 1.82) is 0 Å². The first kappa shape index (κ1) is 24.6. The van der Waals surface area contributed by atoms with E-state index in [4.69, 9.17) is 4.52 Å². The predicted molar refractivity (Wildman–Crippen MR) is 130 cm³/mol. The van der Waals surface area contributed by atoms with Crippen LogP contribution in [0.4, 0.5) is 11.4 Å². The van der Waals surface area contributed by atoms with Gasteiger partial charge in [-0.05, 0) is 55.7 Å². The minimum Gasteiger partial charge on any atom is -0.339 e. The van der Waals surface area contributed by atoms with E-state index in [9.17, 15) is 18.0 Å². The SMILES string of the molecule is CC(=O)Nc1ccc(NC(=O)[C@H]2CCCN(S(=O)(=O)c3cc(-c4noc(C)n4)ccc3C)C2)cc1. The number of piperidine rings is 1. The Balaban J connectivity index is 1.49. The molecular weight excluding hydrogens is 470 g/mol. The number of nitrogens with one attached hydrogen (secondary N) is 2. The third-order valence-electron chi connectivity index (χ3n) is 5.82. The molecule has 1 fully saturated rings. The third-order valence-corrected chi connectivity index (χ3v) is 7.83. The molecule has 35 heavy (non-hydrogen) atoms.